The van der Waals surface area contributed by atoms with Crippen LogP contribution < -0.4 is 5.32 Å². The highest BCUT2D eigenvalue weighted by Crippen LogP contribution is 2.29. The summed E-state index contributed by atoms with van der Waals surface area (Å²) in [5, 5.41) is 11.5. The molecular formula is C10H7FN2O2S. The number of thiazole rings is 1. The van der Waals surface area contributed by atoms with Crippen molar-refractivity contribution in [1.29, 1.82) is 0 Å². The van der Waals surface area contributed by atoms with Gasteiger partial charge < -0.3 is 5.11 Å². The molecule has 0 atom stereocenters. The first kappa shape index (κ1) is 10.6. The summed E-state index contributed by atoms with van der Waals surface area (Å²) in [6.45, 7) is 0. The maximum atomic E-state index is 13.4. The lowest BCUT2D eigenvalue weighted by atomic mass is 10.2. The number of hydrogen-bond donors (Lipinski definition) is 2. The summed E-state index contributed by atoms with van der Waals surface area (Å²) in [6.07, 6.45) is 0.198. The predicted octanol–water partition coefficient (Wildman–Crippen LogP) is 3.04. The van der Waals surface area contributed by atoms with Gasteiger partial charge in [-0.25, -0.2) is 14.2 Å². The highest BCUT2D eigenvalue weighted by atomic mass is 32.1. The number of aromatic nitrogens is 1. The standard InChI is InChI=1S/C10H7FN2O2S/c11-7-4-2-1-3-6(7)9-12-5-8(16-9)13-10(14)15/h1-5,13H,(H,14,15). The van der Waals surface area contributed by atoms with E-state index in [1.807, 2.05) is 0 Å². The van der Waals surface area contributed by atoms with Crippen LogP contribution in [0, 0.1) is 5.82 Å². The van der Waals surface area contributed by atoms with Crippen LogP contribution in [0.2, 0.25) is 0 Å². The molecule has 0 aliphatic carbocycles. The van der Waals surface area contributed by atoms with Crippen LogP contribution in [-0.4, -0.2) is 16.2 Å². The summed E-state index contributed by atoms with van der Waals surface area (Å²) in [4.78, 5) is 14.3. The molecule has 2 N–H and O–H groups in total. The summed E-state index contributed by atoms with van der Waals surface area (Å²) in [5.41, 5.74) is 0.367. The van der Waals surface area contributed by atoms with Crippen molar-refractivity contribution in [3.05, 3.63) is 36.3 Å². The topological polar surface area (TPSA) is 62.2 Å². The molecule has 0 bridgehead atoms. The normalized spacial score (nSPS) is 10.1. The van der Waals surface area contributed by atoms with E-state index >= 15 is 0 Å². The molecule has 1 aromatic carbocycles. The number of rotatable bonds is 2. The van der Waals surface area contributed by atoms with Crippen molar-refractivity contribution in [2.75, 3.05) is 5.32 Å². The fourth-order valence-corrected chi connectivity index (χ4v) is 2.03. The van der Waals surface area contributed by atoms with Crippen LogP contribution in [0.15, 0.2) is 30.5 Å². The lowest BCUT2D eigenvalue weighted by molar-refractivity contribution is 0.210. The van der Waals surface area contributed by atoms with Crippen molar-refractivity contribution in [3.63, 3.8) is 0 Å². The third kappa shape index (κ3) is 2.17. The second-order valence-electron chi connectivity index (χ2n) is 2.94. The first-order chi connectivity index (χ1) is 7.66. The van der Waals surface area contributed by atoms with Crippen molar-refractivity contribution >= 4 is 22.4 Å². The Morgan fingerprint density at radius 1 is 1.44 bits per heavy atom. The van der Waals surface area contributed by atoms with Crippen molar-refractivity contribution in [3.8, 4) is 10.6 Å². The van der Waals surface area contributed by atoms with Crippen LogP contribution in [-0.2, 0) is 0 Å². The molecule has 1 aromatic heterocycles. The third-order valence-electron chi connectivity index (χ3n) is 1.84. The van der Waals surface area contributed by atoms with Gasteiger partial charge in [0, 0.05) is 5.56 Å². The summed E-state index contributed by atoms with van der Waals surface area (Å²) in [5.74, 6) is -0.376. The molecule has 0 saturated heterocycles. The molecule has 0 fully saturated rings. The Kier molecular flexibility index (Phi) is 2.82. The van der Waals surface area contributed by atoms with Crippen molar-refractivity contribution in [1.82, 2.24) is 4.98 Å². The van der Waals surface area contributed by atoms with Gasteiger partial charge in [0.1, 0.15) is 15.8 Å². The molecule has 1 heterocycles. The quantitative estimate of drug-likeness (QED) is 0.845. The van der Waals surface area contributed by atoms with E-state index in [9.17, 15) is 9.18 Å². The molecule has 0 aliphatic rings. The van der Waals surface area contributed by atoms with Gasteiger partial charge in [-0.15, -0.1) is 0 Å². The minimum atomic E-state index is -1.16. The van der Waals surface area contributed by atoms with E-state index in [1.54, 1.807) is 18.2 Å². The van der Waals surface area contributed by atoms with E-state index in [4.69, 9.17) is 5.11 Å². The van der Waals surface area contributed by atoms with Crippen LogP contribution in [0.25, 0.3) is 10.6 Å². The van der Waals surface area contributed by atoms with Gasteiger partial charge in [-0.3, -0.25) is 5.32 Å². The predicted molar refractivity (Wildman–Crippen MR) is 59.2 cm³/mol. The second-order valence-corrected chi connectivity index (χ2v) is 3.97. The number of carbonyl (C=O) groups is 1. The van der Waals surface area contributed by atoms with Gasteiger partial charge in [-0.1, -0.05) is 23.5 Å². The fourth-order valence-electron chi connectivity index (χ4n) is 1.20. The molecule has 1 amide bonds. The zero-order valence-electron chi connectivity index (χ0n) is 7.98. The monoisotopic (exact) mass is 238 g/mol. The largest absolute Gasteiger partial charge is 0.465 e. The first-order valence-electron chi connectivity index (χ1n) is 4.37. The Morgan fingerprint density at radius 2 is 2.19 bits per heavy atom. The number of nitrogens with zero attached hydrogens (tertiary/aromatic N) is 1. The van der Waals surface area contributed by atoms with Crippen molar-refractivity contribution in [2.45, 2.75) is 0 Å². The van der Waals surface area contributed by atoms with E-state index in [0.717, 1.165) is 11.3 Å². The number of hydrogen-bond acceptors (Lipinski definition) is 3. The molecule has 0 spiro atoms. The Hall–Kier alpha value is -1.95. The van der Waals surface area contributed by atoms with Crippen LogP contribution in [0.4, 0.5) is 14.2 Å². The first-order valence-corrected chi connectivity index (χ1v) is 5.19. The Bertz CT molecular complexity index is 527. The molecule has 82 valence electrons. The Labute approximate surface area is 94.4 Å². The molecule has 2 aromatic rings. The number of benzene rings is 1. The lowest BCUT2D eigenvalue weighted by Gasteiger charge is -1.96. The SMILES string of the molecule is O=C(O)Nc1cnc(-c2ccccc2F)s1. The lowest BCUT2D eigenvalue weighted by Crippen LogP contribution is -2.05. The van der Waals surface area contributed by atoms with Gasteiger partial charge in [0.25, 0.3) is 0 Å². The zero-order chi connectivity index (χ0) is 11.5. The van der Waals surface area contributed by atoms with E-state index in [-0.39, 0.29) is 5.82 Å². The molecular weight excluding hydrogens is 231 g/mol. The van der Waals surface area contributed by atoms with Crippen molar-refractivity contribution in [2.24, 2.45) is 0 Å². The highest BCUT2D eigenvalue weighted by Gasteiger charge is 2.09. The van der Waals surface area contributed by atoms with E-state index < -0.39 is 6.09 Å². The summed E-state index contributed by atoms with van der Waals surface area (Å²) >= 11 is 1.09. The smallest absolute Gasteiger partial charge is 0.409 e. The van der Waals surface area contributed by atoms with Crippen LogP contribution in [0.3, 0.4) is 0 Å². The van der Waals surface area contributed by atoms with E-state index in [2.05, 4.69) is 10.3 Å². The molecule has 16 heavy (non-hydrogen) atoms. The Balaban J connectivity index is 2.32. The maximum absolute atomic E-state index is 13.4. The average molecular weight is 238 g/mol. The minimum absolute atomic E-state index is 0.366. The molecule has 6 heteroatoms. The molecule has 4 nitrogen and oxygen atoms in total. The number of nitrogens with one attached hydrogen (secondary N) is 1. The molecule has 2 rings (SSSR count). The van der Waals surface area contributed by atoms with Crippen molar-refractivity contribution < 1.29 is 14.3 Å². The van der Waals surface area contributed by atoms with Gasteiger partial charge in [-0.05, 0) is 12.1 Å². The average Bonchev–Trinajstić information content (AvgIpc) is 2.66. The fraction of sp³-hybridized carbons (Fsp3) is 0. The van der Waals surface area contributed by atoms with E-state index in [1.165, 1.54) is 12.3 Å². The minimum Gasteiger partial charge on any atom is -0.465 e. The van der Waals surface area contributed by atoms with Gasteiger partial charge in [0.15, 0.2) is 0 Å². The van der Waals surface area contributed by atoms with Gasteiger partial charge in [0.05, 0.1) is 6.20 Å². The van der Waals surface area contributed by atoms with Gasteiger partial charge in [0.2, 0.25) is 0 Å². The third-order valence-corrected chi connectivity index (χ3v) is 2.79. The van der Waals surface area contributed by atoms with Crippen LogP contribution in [0.5, 0.6) is 0 Å². The number of anilines is 1. The maximum Gasteiger partial charge on any atom is 0.409 e. The van der Waals surface area contributed by atoms with E-state index in [0.29, 0.717) is 15.6 Å². The van der Waals surface area contributed by atoms with Crippen LogP contribution >= 0.6 is 11.3 Å². The van der Waals surface area contributed by atoms with Gasteiger partial charge in [-0.2, -0.15) is 0 Å². The van der Waals surface area contributed by atoms with Crippen LogP contribution in [0.1, 0.15) is 0 Å². The number of carboxylic acid groups (broad SMARTS) is 1. The summed E-state index contributed by atoms with van der Waals surface area (Å²) < 4.78 is 13.4. The zero-order valence-corrected chi connectivity index (χ0v) is 8.79. The molecule has 0 aliphatic heterocycles. The summed E-state index contributed by atoms with van der Waals surface area (Å²) in [6, 6.07) is 6.21. The highest BCUT2D eigenvalue weighted by molar-refractivity contribution is 7.19. The molecule has 0 unspecified atom stereocenters. The Morgan fingerprint density at radius 3 is 2.88 bits per heavy atom. The summed E-state index contributed by atoms with van der Waals surface area (Å²) in [7, 11) is 0. The number of amides is 1. The van der Waals surface area contributed by atoms with Gasteiger partial charge >= 0.3 is 6.09 Å². The number of halogens is 1. The molecule has 0 saturated carbocycles. The second kappa shape index (κ2) is 4.28. The molecule has 0 radical (unpaired) electrons.